The first-order valence-corrected chi connectivity index (χ1v) is 6.35. The third kappa shape index (κ3) is 2.78. The predicted molar refractivity (Wildman–Crippen MR) is 76.9 cm³/mol. The number of hydrogen-bond donors (Lipinski definition) is 0. The predicted octanol–water partition coefficient (Wildman–Crippen LogP) is 3.29. The molecule has 1 aromatic carbocycles. The molecular weight excluding hydrogens is 276 g/mol. The molecule has 0 radical (unpaired) electrons. The van der Waals surface area contributed by atoms with Gasteiger partial charge in [-0.25, -0.2) is 0 Å². The van der Waals surface area contributed by atoms with Crippen LogP contribution in [-0.4, -0.2) is 19.9 Å². The van der Waals surface area contributed by atoms with Crippen LogP contribution in [0.5, 0.6) is 0 Å². The second kappa shape index (κ2) is 5.30. The highest BCUT2D eigenvalue weighted by atomic mass is 35.5. The second-order valence-electron chi connectivity index (χ2n) is 4.24. The summed E-state index contributed by atoms with van der Waals surface area (Å²) in [5.74, 6) is 0.978. The molecule has 0 saturated carbocycles. The standard InChI is InChI=1S/C14H11ClN4O/c1-19-9-10(8-16-19)2-7-13-17-14(18-20-13)11-3-5-12(15)6-4-11/h2-9H,1H3. The van der Waals surface area contributed by atoms with Gasteiger partial charge in [-0.15, -0.1) is 0 Å². The van der Waals surface area contributed by atoms with Gasteiger partial charge < -0.3 is 4.52 Å². The van der Waals surface area contributed by atoms with E-state index < -0.39 is 0 Å². The zero-order valence-electron chi connectivity index (χ0n) is 10.7. The van der Waals surface area contributed by atoms with Crippen LogP contribution in [0, 0.1) is 0 Å². The number of aromatic nitrogens is 4. The van der Waals surface area contributed by atoms with Crippen LogP contribution in [0.1, 0.15) is 11.5 Å². The van der Waals surface area contributed by atoms with Gasteiger partial charge in [-0.05, 0) is 30.3 Å². The second-order valence-corrected chi connectivity index (χ2v) is 4.68. The molecule has 0 spiro atoms. The quantitative estimate of drug-likeness (QED) is 0.741. The molecule has 5 nitrogen and oxygen atoms in total. The van der Waals surface area contributed by atoms with Crippen molar-refractivity contribution in [2.75, 3.05) is 0 Å². The Labute approximate surface area is 120 Å². The normalized spacial score (nSPS) is 11.3. The van der Waals surface area contributed by atoms with E-state index in [9.17, 15) is 0 Å². The molecular formula is C14H11ClN4O. The fourth-order valence-electron chi connectivity index (χ4n) is 1.71. The first-order chi connectivity index (χ1) is 9.70. The molecule has 0 bridgehead atoms. The van der Waals surface area contributed by atoms with Crippen LogP contribution in [0.25, 0.3) is 23.5 Å². The molecule has 0 aliphatic rings. The van der Waals surface area contributed by atoms with Crippen molar-refractivity contribution in [1.82, 2.24) is 19.9 Å². The summed E-state index contributed by atoms with van der Waals surface area (Å²) in [6.45, 7) is 0. The van der Waals surface area contributed by atoms with Crippen LogP contribution >= 0.6 is 11.6 Å². The van der Waals surface area contributed by atoms with E-state index in [-0.39, 0.29) is 0 Å². The summed E-state index contributed by atoms with van der Waals surface area (Å²) < 4.78 is 6.90. The highest BCUT2D eigenvalue weighted by molar-refractivity contribution is 6.30. The van der Waals surface area contributed by atoms with Crippen LogP contribution < -0.4 is 0 Å². The van der Waals surface area contributed by atoms with E-state index in [0.717, 1.165) is 11.1 Å². The van der Waals surface area contributed by atoms with Crippen molar-refractivity contribution < 1.29 is 4.52 Å². The molecule has 3 aromatic rings. The van der Waals surface area contributed by atoms with E-state index in [2.05, 4.69) is 15.2 Å². The van der Waals surface area contributed by atoms with Crippen LogP contribution in [0.15, 0.2) is 41.2 Å². The molecule has 0 N–H and O–H groups in total. The summed E-state index contributed by atoms with van der Waals surface area (Å²) >= 11 is 5.84. The average Bonchev–Trinajstić information content (AvgIpc) is 3.06. The molecule has 0 fully saturated rings. The van der Waals surface area contributed by atoms with Gasteiger partial charge in [0.2, 0.25) is 5.82 Å². The Morgan fingerprint density at radius 3 is 2.70 bits per heavy atom. The molecule has 0 saturated heterocycles. The van der Waals surface area contributed by atoms with Gasteiger partial charge in [-0.1, -0.05) is 16.8 Å². The van der Waals surface area contributed by atoms with Crippen molar-refractivity contribution in [1.29, 1.82) is 0 Å². The summed E-state index contributed by atoms with van der Waals surface area (Å²) in [4.78, 5) is 4.30. The van der Waals surface area contributed by atoms with E-state index >= 15 is 0 Å². The third-order valence-electron chi connectivity index (χ3n) is 2.69. The number of nitrogens with zero attached hydrogens (tertiary/aromatic N) is 4. The van der Waals surface area contributed by atoms with E-state index in [1.54, 1.807) is 29.1 Å². The highest BCUT2D eigenvalue weighted by Crippen LogP contribution is 2.19. The molecule has 2 heterocycles. The fourth-order valence-corrected chi connectivity index (χ4v) is 1.84. The van der Waals surface area contributed by atoms with Crippen LogP contribution in [0.3, 0.4) is 0 Å². The molecule has 2 aromatic heterocycles. The van der Waals surface area contributed by atoms with E-state index in [4.69, 9.17) is 16.1 Å². The Kier molecular flexibility index (Phi) is 3.35. The zero-order valence-corrected chi connectivity index (χ0v) is 11.4. The molecule has 100 valence electrons. The van der Waals surface area contributed by atoms with Crippen molar-refractivity contribution in [2.24, 2.45) is 7.05 Å². The Bertz CT molecular complexity index is 743. The van der Waals surface area contributed by atoms with E-state index in [1.807, 2.05) is 31.5 Å². The fraction of sp³-hybridized carbons (Fsp3) is 0.0714. The molecule has 0 aliphatic heterocycles. The lowest BCUT2D eigenvalue weighted by molar-refractivity contribution is 0.411. The smallest absolute Gasteiger partial charge is 0.250 e. The molecule has 0 aliphatic carbocycles. The van der Waals surface area contributed by atoms with E-state index in [1.165, 1.54) is 0 Å². The minimum atomic E-state index is 0.443. The van der Waals surface area contributed by atoms with E-state index in [0.29, 0.717) is 16.7 Å². The zero-order chi connectivity index (χ0) is 13.9. The van der Waals surface area contributed by atoms with Crippen LogP contribution in [0.2, 0.25) is 5.02 Å². The van der Waals surface area contributed by atoms with Crippen molar-refractivity contribution >= 4 is 23.8 Å². The molecule has 3 rings (SSSR count). The number of aryl methyl sites for hydroxylation is 1. The number of benzene rings is 1. The van der Waals surface area contributed by atoms with Crippen LogP contribution in [0.4, 0.5) is 0 Å². The summed E-state index contributed by atoms with van der Waals surface area (Å²) in [6.07, 6.45) is 7.27. The average molecular weight is 287 g/mol. The first kappa shape index (κ1) is 12.6. The van der Waals surface area contributed by atoms with Crippen molar-refractivity contribution in [3.8, 4) is 11.4 Å². The summed E-state index contributed by atoms with van der Waals surface area (Å²) in [6, 6.07) is 7.28. The lowest BCUT2D eigenvalue weighted by Crippen LogP contribution is -1.83. The lowest BCUT2D eigenvalue weighted by atomic mass is 10.2. The van der Waals surface area contributed by atoms with Gasteiger partial charge in [0, 0.05) is 35.5 Å². The van der Waals surface area contributed by atoms with Crippen LogP contribution in [-0.2, 0) is 7.05 Å². The van der Waals surface area contributed by atoms with Crippen molar-refractivity contribution in [3.05, 3.63) is 53.1 Å². The summed E-state index contributed by atoms with van der Waals surface area (Å²) in [7, 11) is 1.86. The maximum absolute atomic E-state index is 5.84. The maximum Gasteiger partial charge on any atom is 0.250 e. The van der Waals surface area contributed by atoms with Gasteiger partial charge in [-0.3, -0.25) is 4.68 Å². The molecule has 6 heteroatoms. The highest BCUT2D eigenvalue weighted by Gasteiger charge is 2.06. The monoisotopic (exact) mass is 286 g/mol. The Morgan fingerprint density at radius 1 is 1.20 bits per heavy atom. The topological polar surface area (TPSA) is 56.7 Å². The summed E-state index contributed by atoms with van der Waals surface area (Å²) in [5.41, 5.74) is 1.83. The Hall–Kier alpha value is -2.40. The SMILES string of the molecule is Cn1cc(C=Cc2nc(-c3ccc(Cl)cc3)no2)cn1. The number of halogens is 1. The van der Waals surface area contributed by atoms with Gasteiger partial charge >= 0.3 is 0 Å². The van der Waals surface area contributed by atoms with Gasteiger partial charge in [-0.2, -0.15) is 10.1 Å². The Balaban J connectivity index is 1.80. The van der Waals surface area contributed by atoms with Crippen molar-refractivity contribution in [3.63, 3.8) is 0 Å². The third-order valence-corrected chi connectivity index (χ3v) is 2.94. The lowest BCUT2D eigenvalue weighted by Gasteiger charge is -1.92. The summed E-state index contributed by atoms with van der Waals surface area (Å²) in [5, 5.41) is 8.68. The van der Waals surface area contributed by atoms with Crippen molar-refractivity contribution in [2.45, 2.75) is 0 Å². The molecule has 0 unspecified atom stereocenters. The van der Waals surface area contributed by atoms with Gasteiger partial charge in [0.25, 0.3) is 5.89 Å². The van der Waals surface area contributed by atoms with Gasteiger partial charge in [0.15, 0.2) is 0 Å². The molecule has 20 heavy (non-hydrogen) atoms. The maximum atomic E-state index is 5.84. The van der Waals surface area contributed by atoms with Gasteiger partial charge in [0.05, 0.1) is 6.20 Å². The minimum absolute atomic E-state index is 0.443. The largest absolute Gasteiger partial charge is 0.334 e. The minimum Gasteiger partial charge on any atom is -0.334 e. The Morgan fingerprint density at radius 2 is 2.00 bits per heavy atom. The number of hydrogen-bond acceptors (Lipinski definition) is 4. The first-order valence-electron chi connectivity index (χ1n) is 5.97. The number of rotatable bonds is 3. The molecule has 0 atom stereocenters. The van der Waals surface area contributed by atoms with Gasteiger partial charge in [0.1, 0.15) is 0 Å². The molecule has 0 amide bonds.